The molecule has 0 amide bonds. The smallest absolute Gasteiger partial charge is 0.151 e. The Hall–Kier alpha value is -1.06. The number of carbonyl (C=O) groups excluding carboxylic acids is 1. The van der Waals surface area contributed by atoms with E-state index in [0.29, 0.717) is 17.2 Å². The minimum Gasteiger partial charge on any atom is -0.380 e. The van der Waals surface area contributed by atoms with Gasteiger partial charge in [-0.05, 0) is 32.0 Å². The van der Waals surface area contributed by atoms with Gasteiger partial charge in [-0.1, -0.05) is 11.6 Å². The molecular weight excluding hydrogens is 238 g/mol. The third-order valence-electron chi connectivity index (χ3n) is 2.57. The van der Waals surface area contributed by atoms with E-state index in [4.69, 9.17) is 16.3 Å². The van der Waals surface area contributed by atoms with Crippen LogP contribution >= 0.6 is 11.6 Å². The standard InChI is InChI=1S/C13H18ClNO2/c1-3-15(7-8-17-4-2)12-6-5-11(10-16)13(14)9-12/h5-6,9-10H,3-4,7-8H2,1-2H3. The first-order chi connectivity index (χ1) is 8.22. The lowest BCUT2D eigenvalue weighted by atomic mass is 10.2. The highest BCUT2D eigenvalue weighted by atomic mass is 35.5. The summed E-state index contributed by atoms with van der Waals surface area (Å²) in [4.78, 5) is 12.8. The average molecular weight is 256 g/mol. The first kappa shape index (κ1) is 14.0. The maximum atomic E-state index is 10.7. The molecule has 0 N–H and O–H groups in total. The Kier molecular flexibility index (Phi) is 6.01. The van der Waals surface area contributed by atoms with Gasteiger partial charge in [0.15, 0.2) is 6.29 Å². The minimum absolute atomic E-state index is 0.493. The van der Waals surface area contributed by atoms with Crippen LogP contribution in [-0.4, -0.2) is 32.6 Å². The van der Waals surface area contributed by atoms with Gasteiger partial charge in [-0.25, -0.2) is 0 Å². The number of benzene rings is 1. The molecule has 0 heterocycles. The second-order valence-corrected chi connectivity index (χ2v) is 4.01. The van der Waals surface area contributed by atoms with Crippen LogP contribution in [0.5, 0.6) is 0 Å². The summed E-state index contributed by atoms with van der Waals surface area (Å²) in [6.45, 7) is 7.17. The Morgan fingerprint density at radius 2 is 2.18 bits per heavy atom. The van der Waals surface area contributed by atoms with Crippen molar-refractivity contribution in [2.75, 3.05) is 31.2 Å². The van der Waals surface area contributed by atoms with Crippen molar-refractivity contribution in [2.24, 2.45) is 0 Å². The van der Waals surface area contributed by atoms with Crippen LogP contribution in [0.4, 0.5) is 5.69 Å². The fourth-order valence-corrected chi connectivity index (χ4v) is 1.82. The fourth-order valence-electron chi connectivity index (χ4n) is 1.60. The molecule has 0 aliphatic rings. The van der Waals surface area contributed by atoms with Crippen LogP contribution in [-0.2, 0) is 4.74 Å². The van der Waals surface area contributed by atoms with Gasteiger partial charge in [-0.2, -0.15) is 0 Å². The lowest BCUT2D eigenvalue weighted by molar-refractivity contribution is 0.112. The molecule has 0 aliphatic carbocycles. The zero-order chi connectivity index (χ0) is 12.7. The summed E-state index contributed by atoms with van der Waals surface area (Å²) in [5.74, 6) is 0. The molecule has 0 spiro atoms. The third kappa shape index (κ3) is 4.02. The highest BCUT2D eigenvalue weighted by Crippen LogP contribution is 2.22. The first-order valence-electron chi connectivity index (χ1n) is 5.80. The zero-order valence-electron chi connectivity index (χ0n) is 10.3. The summed E-state index contributed by atoms with van der Waals surface area (Å²) in [6.07, 6.45) is 0.766. The van der Waals surface area contributed by atoms with Gasteiger partial charge in [0.1, 0.15) is 0 Å². The summed E-state index contributed by atoms with van der Waals surface area (Å²) >= 11 is 6.00. The van der Waals surface area contributed by atoms with Crippen LogP contribution in [0.1, 0.15) is 24.2 Å². The van der Waals surface area contributed by atoms with Crippen LogP contribution in [0.15, 0.2) is 18.2 Å². The van der Waals surface area contributed by atoms with Gasteiger partial charge in [0.25, 0.3) is 0 Å². The quantitative estimate of drug-likeness (QED) is 0.554. The number of halogens is 1. The zero-order valence-corrected chi connectivity index (χ0v) is 11.0. The molecule has 0 aliphatic heterocycles. The van der Waals surface area contributed by atoms with Crippen molar-refractivity contribution >= 4 is 23.6 Å². The monoisotopic (exact) mass is 255 g/mol. The molecule has 0 atom stereocenters. The van der Waals surface area contributed by atoms with Crippen molar-refractivity contribution < 1.29 is 9.53 Å². The van der Waals surface area contributed by atoms with Gasteiger partial charge >= 0.3 is 0 Å². The van der Waals surface area contributed by atoms with E-state index in [-0.39, 0.29) is 0 Å². The third-order valence-corrected chi connectivity index (χ3v) is 2.89. The van der Waals surface area contributed by atoms with Crippen molar-refractivity contribution in [2.45, 2.75) is 13.8 Å². The highest BCUT2D eigenvalue weighted by molar-refractivity contribution is 6.33. The number of likely N-dealkylation sites (N-methyl/N-ethyl adjacent to an activating group) is 1. The largest absolute Gasteiger partial charge is 0.380 e. The highest BCUT2D eigenvalue weighted by Gasteiger charge is 2.07. The summed E-state index contributed by atoms with van der Waals surface area (Å²) < 4.78 is 5.33. The van der Waals surface area contributed by atoms with Gasteiger partial charge in [-0.15, -0.1) is 0 Å². The fraction of sp³-hybridized carbons (Fsp3) is 0.462. The molecule has 3 nitrogen and oxygen atoms in total. The van der Waals surface area contributed by atoms with E-state index in [9.17, 15) is 4.79 Å². The van der Waals surface area contributed by atoms with Crippen molar-refractivity contribution in [3.8, 4) is 0 Å². The number of carbonyl (C=O) groups is 1. The predicted octanol–water partition coefficient (Wildman–Crippen LogP) is 3.02. The molecule has 0 radical (unpaired) electrons. The van der Waals surface area contributed by atoms with Crippen molar-refractivity contribution in [3.63, 3.8) is 0 Å². The van der Waals surface area contributed by atoms with Crippen molar-refractivity contribution in [1.82, 2.24) is 0 Å². The number of rotatable bonds is 7. The molecule has 0 bridgehead atoms. The van der Waals surface area contributed by atoms with Crippen molar-refractivity contribution in [3.05, 3.63) is 28.8 Å². The normalized spacial score (nSPS) is 10.3. The van der Waals surface area contributed by atoms with Crippen LogP contribution in [0.3, 0.4) is 0 Å². The minimum atomic E-state index is 0.493. The lowest BCUT2D eigenvalue weighted by Crippen LogP contribution is -2.27. The van der Waals surface area contributed by atoms with Gasteiger partial charge in [-0.3, -0.25) is 4.79 Å². The summed E-state index contributed by atoms with van der Waals surface area (Å²) in [7, 11) is 0. The maximum Gasteiger partial charge on any atom is 0.151 e. The molecular formula is C13H18ClNO2. The maximum absolute atomic E-state index is 10.7. The molecule has 0 saturated carbocycles. The molecule has 0 saturated heterocycles. The van der Waals surface area contributed by atoms with E-state index in [1.54, 1.807) is 6.07 Å². The topological polar surface area (TPSA) is 29.5 Å². The lowest BCUT2D eigenvalue weighted by Gasteiger charge is -2.23. The molecule has 4 heteroatoms. The van der Waals surface area contributed by atoms with Crippen LogP contribution < -0.4 is 4.90 Å². The summed E-state index contributed by atoms with van der Waals surface area (Å²) in [5.41, 5.74) is 1.54. The average Bonchev–Trinajstić information content (AvgIpc) is 2.35. The molecule has 94 valence electrons. The molecule has 1 aromatic carbocycles. The molecule has 0 unspecified atom stereocenters. The Bertz CT molecular complexity index is 368. The number of ether oxygens (including phenoxy) is 1. The Morgan fingerprint density at radius 3 is 2.71 bits per heavy atom. The van der Waals surface area contributed by atoms with Gasteiger partial charge < -0.3 is 9.64 Å². The van der Waals surface area contributed by atoms with Gasteiger partial charge in [0.2, 0.25) is 0 Å². The van der Waals surface area contributed by atoms with E-state index in [1.807, 2.05) is 19.1 Å². The van der Waals surface area contributed by atoms with Crippen molar-refractivity contribution in [1.29, 1.82) is 0 Å². The second-order valence-electron chi connectivity index (χ2n) is 3.60. The number of hydrogen-bond acceptors (Lipinski definition) is 3. The van der Waals surface area contributed by atoms with Crippen LogP contribution in [0.25, 0.3) is 0 Å². The van der Waals surface area contributed by atoms with E-state index in [1.165, 1.54) is 0 Å². The summed E-state index contributed by atoms with van der Waals surface area (Å²) in [5, 5.41) is 0.493. The first-order valence-corrected chi connectivity index (χ1v) is 6.18. The van der Waals surface area contributed by atoms with E-state index < -0.39 is 0 Å². The molecule has 0 aromatic heterocycles. The van der Waals surface area contributed by atoms with Crippen LogP contribution in [0.2, 0.25) is 5.02 Å². The molecule has 17 heavy (non-hydrogen) atoms. The molecule has 1 aromatic rings. The van der Waals surface area contributed by atoms with Gasteiger partial charge in [0.05, 0.1) is 11.6 Å². The number of aldehydes is 1. The number of anilines is 1. The Morgan fingerprint density at radius 1 is 1.41 bits per heavy atom. The Labute approximate surface area is 107 Å². The Balaban J connectivity index is 2.74. The SMILES string of the molecule is CCOCCN(CC)c1ccc(C=O)c(Cl)c1. The van der Waals surface area contributed by atoms with Crippen LogP contribution in [0, 0.1) is 0 Å². The van der Waals surface area contributed by atoms with E-state index in [2.05, 4.69) is 11.8 Å². The van der Waals surface area contributed by atoms with E-state index in [0.717, 1.165) is 31.7 Å². The van der Waals surface area contributed by atoms with Gasteiger partial charge in [0, 0.05) is 30.9 Å². The predicted molar refractivity (Wildman–Crippen MR) is 71.2 cm³/mol. The molecule has 1 rings (SSSR count). The summed E-state index contributed by atoms with van der Waals surface area (Å²) in [6, 6.07) is 5.47. The second kappa shape index (κ2) is 7.30. The van der Waals surface area contributed by atoms with E-state index >= 15 is 0 Å². The molecule has 0 fully saturated rings. The number of hydrogen-bond donors (Lipinski definition) is 0. The number of nitrogens with zero attached hydrogens (tertiary/aromatic N) is 1.